The second-order valence-corrected chi connectivity index (χ2v) is 5.54. The fourth-order valence-electron chi connectivity index (χ4n) is 2.92. The van der Waals surface area contributed by atoms with Gasteiger partial charge in [-0.15, -0.1) is 0 Å². The summed E-state index contributed by atoms with van der Waals surface area (Å²) in [4.78, 5) is 11.7. The van der Waals surface area contributed by atoms with Gasteiger partial charge in [0, 0.05) is 13.0 Å². The average Bonchev–Trinajstić information content (AvgIpc) is 2.66. The number of nitrogens with two attached hydrogens (primary N) is 1. The molecule has 2 N–H and O–H groups in total. The molecule has 0 spiro atoms. The van der Waals surface area contributed by atoms with Crippen LogP contribution in [-0.2, 0) is 22.4 Å². The minimum absolute atomic E-state index is 0.0751. The van der Waals surface area contributed by atoms with Crippen molar-refractivity contribution in [2.24, 2.45) is 11.7 Å². The topological polar surface area (TPSA) is 61.5 Å². The Morgan fingerprint density at radius 3 is 3.00 bits per heavy atom. The first-order valence-corrected chi connectivity index (χ1v) is 7.83. The molecule has 4 nitrogen and oxygen atoms in total. The van der Waals surface area contributed by atoms with Gasteiger partial charge in [0.05, 0.1) is 6.61 Å². The molecule has 21 heavy (non-hydrogen) atoms. The Labute approximate surface area is 126 Å². The van der Waals surface area contributed by atoms with E-state index >= 15 is 0 Å². The number of ether oxygens (including phenoxy) is 2. The van der Waals surface area contributed by atoms with Crippen LogP contribution in [0.15, 0.2) is 18.2 Å². The van der Waals surface area contributed by atoms with Gasteiger partial charge < -0.3 is 15.2 Å². The third kappa shape index (κ3) is 4.74. The van der Waals surface area contributed by atoms with Crippen molar-refractivity contribution in [1.82, 2.24) is 0 Å². The highest BCUT2D eigenvalue weighted by atomic mass is 16.5. The summed E-state index contributed by atoms with van der Waals surface area (Å²) < 4.78 is 10.7. The smallest absolute Gasteiger partial charge is 0.306 e. The van der Waals surface area contributed by atoms with Crippen LogP contribution in [0.1, 0.15) is 37.3 Å². The zero-order valence-corrected chi connectivity index (χ0v) is 12.8. The number of benzene rings is 1. The SMILES string of the molecule is CCOC(=O)CC1CCCc2cc(OCCN)ccc2C1. The lowest BCUT2D eigenvalue weighted by Crippen LogP contribution is -2.13. The van der Waals surface area contributed by atoms with Gasteiger partial charge >= 0.3 is 5.97 Å². The third-order valence-corrected chi connectivity index (χ3v) is 3.89. The van der Waals surface area contributed by atoms with Gasteiger partial charge in [-0.2, -0.15) is 0 Å². The lowest BCUT2D eigenvalue weighted by atomic mass is 9.94. The molecule has 0 aliphatic heterocycles. The highest BCUT2D eigenvalue weighted by Gasteiger charge is 2.20. The largest absolute Gasteiger partial charge is 0.492 e. The molecule has 1 aliphatic carbocycles. The molecule has 0 aromatic heterocycles. The molecule has 1 unspecified atom stereocenters. The van der Waals surface area contributed by atoms with Gasteiger partial charge in [-0.05, 0) is 61.8 Å². The monoisotopic (exact) mass is 291 g/mol. The number of esters is 1. The van der Waals surface area contributed by atoms with Gasteiger partial charge in [0.25, 0.3) is 0 Å². The van der Waals surface area contributed by atoms with Crippen molar-refractivity contribution >= 4 is 5.97 Å². The molecule has 1 atom stereocenters. The molecular formula is C17H25NO3. The van der Waals surface area contributed by atoms with Gasteiger partial charge in [-0.3, -0.25) is 4.79 Å². The number of carbonyl (C=O) groups is 1. The maximum Gasteiger partial charge on any atom is 0.306 e. The molecule has 0 radical (unpaired) electrons. The Balaban J connectivity index is 2.01. The molecule has 1 aromatic rings. The van der Waals surface area contributed by atoms with E-state index in [4.69, 9.17) is 15.2 Å². The van der Waals surface area contributed by atoms with Crippen LogP contribution < -0.4 is 10.5 Å². The number of hydrogen-bond acceptors (Lipinski definition) is 4. The molecule has 1 aliphatic rings. The van der Waals surface area contributed by atoms with Crippen LogP contribution >= 0.6 is 0 Å². The van der Waals surface area contributed by atoms with Crippen molar-refractivity contribution in [3.8, 4) is 5.75 Å². The maximum absolute atomic E-state index is 11.7. The first kappa shape index (κ1) is 15.8. The second-order valence-electron chi connectivity index (χ2n) is 5.54. The van der Waals surface area contributed by atoms with Crippen molar-refractivity contribution in [3.05, 3.63) is 29.3 Å². The predicted molar refractivity (Wildman–Crippen MR) is 82.4 cm³/mol. The molecule has 0 bridgehead atoms. The summed E-state index contributed by atoms with van der Waals surface area (Å²) >= 11 is 0. The summed E-state index contributed by atoms with van der Waals surface area (Å²) in [7, 11) is 0. The summed E-state index contributed by atoms with van der Waals surface area (Å²) in [5.41, 5.74) is 8.14. The Morgan fingerprint density at radius 1 is 1.38 bits per heavy atom. The molecular weight excluding hydrogens is 266 g/mol. The van der Waals surface area contributed by atoms with Crippen LogP contribution in [0.25, 0.3) is 0 Å². The molecule has 0 saturated heterocycles. The summed E-state index contributed by atoms with van der Waals surface area (Å²) in [6.45, 7) is 3.39. The molecule has 0 fully saturated rings. The third-order valence-electron chi connectivity index (χ3n) is 3.89. The zero-order valence-electron chi connectivity index (χ0n) is 12.8. The number of fused-ring (bicyclic) bond motifs is 1. The number of rotatable bonds is 6. The van der Waals surface area contributed by atoms with Crippen molar-refractivity contribution < 1.29 is 14.3 Å². The van der Waals surface area contributed by atoms with Crippen LogP contribution in [0.5, 0.6) is 5.75 Å². The Bertz CT molecular complexity index is 473. The van der Waals surface area contributed by atoms with E-state index in [1.807, 2.05) is 13.0 Å². The van der Waals surface area contributed by atoms with E-state index in [9.17, 15) is 4.79 Å². The van der Waals surface area contributed by atoms with E-state index in [1.54, 1.807) is 0 Å². The number of hydrogen-bond donors (Lipinski definition) is 1. The first-order chi connectivity index (χ1) is 10.2. The Morgan fingerprint density at radius 2 is 2.24 bits per heavy atom. The van der Waals surface area contributed by atoms with Crippen LogP contribution in [0, 0.1) is 5.92 Å². The normalized spacial score (nSPS) is 17.7. The van der Waals surface area contributed by atoms with Gasteiger partial charge in [0.15, 0.2) is 0 Å². The predicted octanol–water partition coefficient (Wildman–Crippen LogP) is 2.47. The Kier molecular flexibility index (Phi) is 6.05. The molecule has 4 heteroatoms. The van der Waals surface area contributed by atoms with Crippen LogP contribution in [0.2, 0.25) is 0 Å². The molecule has 0 amide bonds. The van der Waals surface area contributed by atoms with Gasteiger partial charge in [-0.1, -0.05) is 6.07 Å². The quantitative estimate of drug-likeness (QED) is 0.646. The fourth-order valence-corrected chi connectivity index (χ4v) is 2.92. The van der Waals surface area contributed by atoms with Gasteiger partial charge in [0.1, 0.15) is 12.4 Å². The van der Waals surface area contributed by atoms with E-state index in [2.05, 4.69) is 12.1 Å². The molecule has 2 rings (SSSR count). The lowest BCUT2D eigenvalue weighted by molar-refractivity contribution is -0.144. The molecule has 1 aromatic carbocycles. The summed E-state index contributed by atoms with van der Waals surface area (Å²) in [6.07, 6.45) is 4.71. The first-order valence-electron chi connectivity index (χ1n) is 7.83. The Hall–Kier alpha value is -1.55. The summed E-state index contributed by atoms with van der Waals surface area (Å²) in [5, 5.41) is 0. The molecule has 0 heterocycles. The molecule has 0 saturated carbocycles. The second kappa shape index (κ2) is 8.03. The van der Waals surface area contributed by atoms with Crippen LogP contribution in [0.3, 0.4) is 0 Å². The van der Waals surface area contributed by atoms with Crippen molar-refractivity contribution in [3.63, 3.8) is 0 Å². The van der Waals surface area contributed by atoms with E-state index in [1.165, 1.54) is 11.1 Å². The minimum Gasteiger partial charge on any atom is -0.492 e. The zero-order chi connectivity index (χ0) is 15.1. The maximum atomic E-state index is 11.7. The number of carbonyl (C=O) groups excluding carboxylic acids is 1. The average molecular weight is 291 g/mol. The highest BCUT2D eigenvalue weighted by molar-refractivity contribution is 5.69. The van der Waals surface area contributed by atoms with Crippen LogP contribution in [0.4, 0.5) is 0 Å². The van der Waals surface area contributed by atoms with E-state index in [0.717, 1.165) is 31.4 Å². The fraction of sp³-hybridized carbons (Fsp3) is 0.588. The highest BCUT2D eigenvalue weighted by Crippen LogP contribution is 2.29. The standard InChI is InChI=1S/C17H25NO3/c1-2-20-17(19)11-13-4-3-5-14-12-16(21-9-8-18)7-6-15(14)10-13/h6-7,12-13H,2-5,8-11,18H2,1H3. The summed E-state index contributed by atoms with van der Waals surface area (Å²) in [6, 6.07) is 6.25. The molecule has 116 valence electrons. The van der Waals surface area contributed by atoms with Crippen LogP contribution in [-0.4, -0.2) is 25.7 Å². The van der Waals surface area contributed by atoms with Crippen molar-refractivity contribution in [2.75, 3.05) is 19.8 Å². The van der Waals surface area contributed by atoms with Gasteiger partial charge in [0.2, 0.25) is 0 Å². The van der Waals surface area contributed by atoms with Gasteiger partial charge in [-0.25, -0.2) is 0 Å². The van der Waals surface area contributed by atoms with E-state index < -0.39 is 0 Å². The minimum atomic E-state index is -0.0751. The van der Waals surface area contributed by atoms with E-state index in [-0.39, 0.29) is 5.97 Å². The van der Waals surface area contributed by atoms with Crippen molar-refractivity contribution in [1.29, 1.82) is 0 Å². The number of aryl methyl sites for hydroxylation is 1. The summed E-state index contributed by atoms with van der Waals surface area (Å²) in [5.74, 6) is 1.21. The van der Waals surface area contributed by atoms with E-state index in [0.29, 0.717) is 32.1 Å². The van der Waals surface area contributed by atoms with Crippen molar-refractivity contribution in [2.45, 2.75) is 39.0 Å². The lowest BCUT2D eigenvalue weighted by Gasteiger charge is -2.14.